The van der Waals surface area contributed by atoms with Gasteiger partial charge >= 0.3 is 0 Å². The van der Waals surface area contributed by atoms with Crippen molar-refractivity contribution in [3.05, 3.63) is 42.5 Å². The van der Waals surface area contributed by atoms with Crippen LogP contribution < -0.4 is 14.8 Å². The van der Waals surface area contributed by atoms with E-state index in [0.717, 1.165) is 28.6 Å². The van der Waals surface area contributed by atoms with E-state index in [1.54, 1.807) is 0 Å². The second-order valence-corrected chi connectivity index (χ2v) is 3.81. The molecule has 1 aliphatic rings. The highest BCUT2D eigenvalue weighted by molar-refractivity contribution is 5.75. The lowest BCUT2D eigenvalue weighted by Crippen LogP contribution is -2.03. The van der Waals surface area contributed by atoms with Crippen molar-refractivity contribution in [2.45, 2.75) is 6.92 Å². The molecular formula is C14H13NO2. The Labute approximate surface area is 100.0 Å². The predicted octanol–water partition coefficient (Wildman–Crippen LogP) is 3.93. The maximum Gasteiger partial charge on any atom is 0.154 e. The quantitative estimate of drug-likeness (QED) is 0.719. The molecule has 3 rings (SSSR count). The summed E-state index contributed by atoms with van der Waals surface area (Å²) in [5, 5.41) is 3.33. The highest BCUT2D eigenvalue weighted by Gasteiger charge is 2.16. The van der Waals surface area contributed by atoms with E-state index in [1.165, 1.54) is 0 Å². The Hall–Kier alpha value is -2.16. The van der Waals surface area contributed by atoms with E-state index in [2.05, 4.69) is 5.32 Å². The molecule has 0 atom stereocenters. The van der Waals surface area contributed by atoms with Crippen LogP contribution in [0, 0.1) is 0 Å². The number of benzene rings is 2. The molecule has 0 aliphatic carbocycles. The standard InChI is InChI=1S/C14H13NO2/c1-2-16-10-7-8-12-14(9-10)17-13-6-4-3-5-11(13)15-12/h3-9,15H,2H2,1H3. The van der Waals surface area contributed by atoms with Gasteiger partial charge in [0.15, 0.2) is 11.5 Å². The molecule has 0 amide bonds. The van der Waals surface area contributed by atoms with Gasteiger partial charge in [-0.05, 0) is 31.2 Å². The molecule has 0 saturated carbocycles. The first-order valence-corrected chi connectivity index (χ1v) is 5.67. The molecule has 2 aromatic carbocycles. The third-order valence-electron chi connectivity index (χ3n) is 2.64. The number of para-hydroxylation sites is 2. The van der Waals surface area contributed by atoms with Crippen LogP contribution >= 0.6 is 0 Å². The summed E-state index contributed by atoms with van der Waals surface area (Å²) in [5.74, 6) is 2.47. The van der Waals surface area contributed by atoms with Crippen LogP contribution in [0.25, 0.3) is 0 Å². The van der Waals surface area contributed by atoms with E-state index < -0.39 is 0 Å². The molecule has 0 aromatic heterocycles. The molecular weight excluding hydrogens is 214 g/mol. The van der Waals surface area contributed by atoms with Gasteiger partial charge in [-0.15, -0.1) is 0 Å². The van der Waals surface area contributed by atoms with E-state index in [0.29, 0.717) is 6.61 Å². The van der Waals surface area contributed by atoms with Gasteiger partial charge in [-0.1, -0.05) is 12.1 Å². The Morgan fingerprint density at radius 3 is 2.76 bits per heavy atom. The summed E-state index contributed by atoms with van der Waals surface area (Å²) in [6, 6.07) is 13.7. The number of ether oxygens (including phenoxy) is 2. The highest BCUT2D eigenvalue weighted by Crippen LogP contribution is 2.42. The minimum Gasteiger partial charge on any atom is -0.494 e. The van der Waals surface area contributed by atoms with Gasteiger partial charge in [-0.25, -0.2) is 0 Å². The van der Waals surface area contributed by atoms with Gasteiger partial charge < -0.3 is 14.8 Å². The Morgan fingerprint density at radius 2 is 1.88 bits per heavy atom. The lowest BCUT2D eigenvalue weighted by molar-refractivity contribution is 0.338. The van der Waals surface area contributed by atoms with Crippen LogP contribution in [0.15, 0.2) is 42.5 Å². The molecule has 2 aromatic rings. The maximum absolute atomic E-state index is 5.82. The molecule has 86 valence electrons. The summed E-state index contributed by atoms with van der Waals surface area (Å²) in [5.41, 5.74) is 1.95. The third kappa shape index (κ3) is 1.80. The van der Waals surface area contributed by atoms with Crippen LogP contribution in [0.1, 0.15) is 6.92 Å². The summed E-state index contributed by atoms with van der Waals surface area (Å²) in [7, 11) is 0. The van der Waals surface area contributed by atoms with Crippen molar-refractivity contribution in [2.24, 2.45) is 0 Å². The van der Waals surface area contributed by atoms with Gasteiger partial charge in [-0.3, -0.25) is 0 Å². The molecule has 17 heavy (non-hydrogen) atoms. The first-order chi connectivity index (χ1) is 8.36. The fraction of sp³-hybridized carbons (Fsp3) is 0.143. The van der Waals surface area contributed by atoms with Crippen LogP contribution in [-0.2, 0) is 0 Å². The molecule has 1 heterocycles. The van der Waals surface area contributed by atoms with Crippen LogP contribution in [-0.4, -0.2) is 6.61 Å². The predicted molar refractivity (Wildman–Crippen MR) is 67.4 cm³/mol. The summed E-state index contributed by atoms with van der Waals surface area (Å²) in [6.07, 6.45) is 0. The molecule has 1 aliphatic heterocycles. The monoisotopic (exact) mass is 227 g/mol. The van der Waals surface area contributed by atoms with Crippen molar-refractivity contribution >= 4 is 11.4 Å². The zero-order valence-corrected chi connectivity index (χ0v) is 9.57. The fourth-order valence-electron chi connectivity index (χ4n) is 1.87. The third-order valence-corrected chi connectivity index (χ3v) is 2.64. The van der Waals surface area contributed by atoms with Crippen LogP contribution in [0.2, 0.25) is 0 Å². The van der Waals surface area contributed by atoms with E-state index in [9.17, 15) is 0 Å². The van der Waals surface area contributed by atoms with Crippen molar-refractivity contribution in [2.75, 3.05) is 11.9 Å². The second-order valence-electron chi connectivity index (χ2n) is 3.81. The number of rotatable bonds is 2. The van der Waals surface area contributed by atoms with E-state index >= 15 is 0 Å². The normalized spacial score (nSPS) is 11.8. The average Bonchev–Trinajstić information content (AvgIpc) is 2.36. The van der Waals surface area contributed by atoms with Gasteiger partial charge in [-0.2, -0.15) is 0 Å². The molecule has 0 spiro atoms. The smallest absolute Gasteiger partial charge is 0.154 e. The Morgan fingerprint density at radius 1 is 1.06 bits per heavy atom. The number of nitrogens with one attached hydrogen (secondary N) is 1. The van der Waals surface area contributed by atoms with Gasteiger partial charge in [0.25, 0.3) is 0 Å². The number of anilines is 2. The Balaban J connectivity index is 1.97. The lowest BCUT2D eigenvalue weighted by atomic mass is 10.2. The van der Waals surface area contributed by atoms with Crippen molar-refractivity contribution < 1.29 is 9.47 Å². The zero-order valence-electron chi connectivity index (χ0n) is 9.57. The first-order valence-electron chi connectivity index (χ1n) is 5.67. The van der Waals surface area contributed by atoms with E-state index in [-0.39, 0.29) is 0 Å². The molecule has 0 saturated heterocycles. The maximum atomic E-state index is 5.82. The first kappa shape index (κ1) is 10.0. The van der Waals surface area contributed by atoms with Crippen molar-refractivity contribution in [1.29, 1.82) is 0 Å². The number of hydrogen-bond donors (Lipinski definition) is 1. The van der Waals surface area contributed by atoms with Crippen LogP contribution in [0.5, 0.6) is 17.2 Å². The van der Waals surface area contributed by atoms with Gasteiger partial charge in [0, 0.05) is 6.07 Å². The Bertz CT molecular complexity index is 552. The number of fused-ring (bicyclic) bond motifs is 2. The summed E-state index contributed by atoms with van der Waals surface area (Å²) in [6.45, 7) is 2.62. The molecule has 1 N–H and O–H groups in total. The molecule has 0 unspecified atom stereocenters. The van der Waals surface area contributed by atoms with E-state index in [1.807, 2.05) is 49.4 Å². The van der Waals surface area contributed by atoms with Crippen LogP contribution in [0.3, 0.4) is 0 Å². The fourth-order valence-corrected chi connectivity index (χ4v) is 1.87. The minimum absolute atomic E-state index is 0.656. The summed E-state index contributed by atoms with van der Waals surface area (Å²) >= 11 is 0. The Kier molecular flexibility index (Phi) is 2.37. The highest BCUT2D eigenvalue weighted by atomic mass is 16.5. The average molecular weight is 227 g/mol. The largest absolute Gasteiger partial charge is 0.494 e. The molecule has 0 fully saturated rings. The summed E-state index contributed by atoms with van der Waals surface area (Å²) in [4.78, 5) is 0. The molecule has 0 bridgehead atoms. The SMILES string of the molecule is CCOc1ccc2c(c1)Oc1ccccc1N2. The molecule has 0 radical (unpaired) electrons. The van der Waals surface area contributed by atoms with Gasteiger partial charge in [0.1, 0.15) is 5.75 Å². The van der Waals surface area contributed by atoms with Crippen molar-refractivity contribution in [3.8, 4) is 17.2 Å². The number of hydrogen-bond acceptors (Lipinski definition) is 3. The lowest BCUT2D eigenvalue weighted by Gasteiger charge is -2.22. The topological polar surface area (TPSA) is 30.5 Å². The van der Waals surface area contributed by atoms with Crippen LogP contribution in [0.4, 0.5) is 11.4 Å². The minimum atomic E-state index is 0.656. The second kappa shape index (κ2) is 4.01. The zero-order chi connectivity index (χ0) is 11.7. The molecule has 3 nitrogen and oxygen atoms in total. The van der Waals surface area contributed by atoms with Gasteiger partial charge in [0.2, 0.25) is 0 Å². The van der Waals surface area contributed by atoms with Crippen molar-refractivity contribution in [3.63, 3.8) is 0 Å². The van der Waals surface area contributed by atoms with E-state index in [4.69, 9.17) is 9.47 Å². The van der Waals surface area contributed by atoms with Gasteiger partial charge in [0.05, 0.1) is 18.0 Å². The van der Waals surface area contributed by atoms with Crippen molar-refractivity contribution in [1.82, 2.24) is 0 Å². The molecule has 3 heteroatoms. The summed E-state index contributed by atoms with van der Waals surface area (Å²) < 4.78 is 11.3.